The van der Waals surface area contributed by atoms with E-state index >= 15 is 0 Å². The van der Waals surface area contributed by atoms with Crippen LogP contribution in [0, 0.1) is 6.92 Å². The van der Waals surface area contributed by atoms with E-state index in [-0.39, 0.29) is 21.9 Å². The Kier molecular flexibility index (Phi) is 7.50. The molecule has 1 atom stereocenters. The molecule has 33 heavy (non-hydrogen) atoms. The van der Waals surface area contributed by atoms with Crippen LogP contribution in [0.25, 0.3) is 0 Å². The molecular weight excluding hydrogens is 440 g/mol. The van der Waals surface area contributed by atoms with Crippen molar-refractivity contribution in [2.45, 2.75) is 31.1 Å². The van der Waals surface area contributed by atoms with Gasteiger partial charge in [-0.25, -0.2) is 8.42 Å². The van der Waals surface area contributed by atoms with Gasteiger partial charge in [0.1, 0.15) is 5.75 Å². The number of rotatable bonds is 8. The van der Waals surface area contributed by atoms with Crippen molar-refractivity contribution in [2.75, 3.05) is 11.8 Å². The number of para-hydroxylation sites is 1. The van der Waals surface area contributed by atoms with Crippen LogP contribution in [-0.2, 0) is 14.8 Å². The molecule has 0 aromatic heterocycles. The normalized spacial score (nSPS) is 12.0. The average Bonchev–Trinajstić information content (AvgIpc) is 2.81. The lowest BCUT2D eigenvalue weighted by molar-refractivity contribution is -0.136. The predicted octanol–water partition coefficient (Wildman–Crippen LogP) is 4.25. The van der Waals surface area contributed by atoms with Crippen molar-refractivity contribution in [1.82, 2.24) is 5.32 Å². The van der Waals surface area contributed by atoms with Gasteiger partial charge in [-0.3, -0.25) is 14.3 Å². The van der Waals surface area contributed by atoms with Gasteiger partial charge in [0.25, 0.3) is 15.9 Å². The van der Waals surface area contributed by atoms with Crippen LogP contribution in [0.1, 0.15) is 40.7 Å². The first-order valence-electron chi connectivity index (χ1n) is 10.5. The number of sulfonamides is 1. The zero-order chi connectivity index (χ0) is 24.0. The number of amides is 1. The summed E-state index contributed by atoms with van der Waals surface area (Å²) in [7, 11) is -2.49. The SMILES string of the molecule is CCC(C(=O)Oc1ccc(S(=O)(=O)Nc2ccccc2C(=O)NC)cc1)c1ccc(C)cc1. The van der Waals surface area contributed by atoms with Crippen LogP contribution in [-0.4, -0.2) is 27.3 Å². The van der Waals surface area contributed by atoms with E-state index in [1.54, 1.807) is 12.1 Å². The van der Waals surface area contributed by atoms with Gasteiger partial charge in [-0.15, -0.1) is 0 Å². The molecule has 0 aliphatic carbocycles. The third-order valence-electron chi connectivity index (χ3n) is 5.17. The predicted molar refractivity (Wildman–Crippen MR) is 127 cm³/mol. The fourth-order valence-electron chi connectivity index (χ4n) is 3.32. The van der Waals surface area contributed by atoms with Crippen molar-refractivity contribution < 1.29 is 22.7 Å². The first-order chi connectivity index (χ1) is 15.7. The number of benzene rings is 3. The summed E-state index contributed by atoms with van der Waals surface area (Å²) in [5.41, 5.74) is 2.34. The minimum absolute atomic E-state index is 0.0282. The standard InChI is InChI=1S/C25H26N2O5S/c1-4-21(18-11-9-17(2)10-12-18)25(29)32-19-13-15-20(16-14-19)33(30,31)27-23-8-6-5-7-22(23)24(28)26-3/h5-16,21,27H,4H2,1-3H3,(H,26,28). The second-order valence-corrected chi connectivity index (χ2v) is 9.18. The number of esters is 1. The number of carbonyl (C=O) groups excluding carboxylic acids is 2. The van der Waals surface area contributed by atoms with Crippen molar-refractivity contribution in [3.8, 4) is 5.75 Å². The minimum Gasteiger partial charge on any atom is -0.426 e. The van der Waals surface area contributed by atoms with Crippen LogP contribution >= 0.6 is 0 Å². The molecule has 2 N–H and O–H groups in total. The molecule has 1 unspecified atom stereocenters. The monoisotopic (exact) mass is 466 g/mol. The van der Waals surface area contributed by atoms with E-state index in [2.05, 4.69) is 10.0 Å². The van der Waals surface area contributed by atoms with Crippen LogP contribution < -0.4 is 14.8 Å². The molecular formula is C25H26N2O5S. The number of aryl methyl sites for hydroxylation is 1. The summed E-state index contributed by atoms with van der Waals surface area (Å²) in [6.07, 6.45) is 0.572. The summed E-state index contributed by atoms with van der Waals surface area (Å²) < 4.78 is 33.6. The Morgan fingerprint density at radius 1 is 0.939 bits per heavy atom. The maximum Gasteiger partial charge on any atom is 0.318 e. The van der Waals surface area contributed by atoms with E-state index in [1.807, 2.05) is 38.1 Å². The van der Waals surface area contributed by atoms with E-state index in [4.69, 9.17) is 4.74 Å². The van der Waals surface area contributed by atoms with Crippen molar-refractivity contribution >= 4 is 27.6 Å². The first kappa shape index (κ1) is 24.0. The molecule has 3 aromatic carbocycles. The van der Waals surface area contributed by atoms with Gasteiger partial charge in [0.15, 0.2) is 0 Å². The summed E-state index contributed by atoms with van der Waals surface area (Å²) >= 11 is 0. The summed E-state index contributed by atoms with van der Waals surface area (Å²) in [4.78, 5) is 24.7. The number of anilines is 1. The van der Waals surface area contributed by atoms with E-state index in [0.29, 0.717) is 6.42 Å². The average molecular weight is 467 g/mol. The van der Waals surface area contributed by atoms with Crippen LogP contribution in [0.4, 0.5) is 5.69 Å². The number of hydrogen-bond donors (Lipinski definition) is 2. The summed E-state index contributed by atoms with van der Waals surface area (Å²) in [5.74, 6) is -0.989. The Balaban J connectivity index is 1.75. The van der Waals surface area contributed by atoms with Gasteiger partial charge in [0.05, 0.1) is 22.1 Å². The Morgan fingerprint density at radius 3 is 2.18 bits per heavy atom. The quantitative estimate of drug-likeness (QED) is 0.382. The summed E-state index contributed by atoms with van der Waals surface area (Å²) in [6, 6.07) is 19.6. The third-order valence-corrected chi connectivity index (χ3v) is 6.55. The highest BCUT2D eigenvalue weighted by molar-refractivity contribution is 7.92. The zero-order valence-corrected chi connectivity index (χ0v) is 19.5. The van der Waals surface area contributed by atoms with Crippen molar-refractivity contribution in [3.63, 3.8) is 0 Å². The molecule has 0 saturated carbocycles. The van der Waals surface area contributed by atoms with Gasteiger partial charge < -0.3 is 10.1 Å². The number of hydrogen-bond acceptors (Lipinski definition) is 5. The van der Waals surface area contributed by atoms with Crippen molar-refractivity contribution in [1.29, 1.82) is 0 Å². The second-order valence-electron chi connectivity index (χ2n) is 7.49. The van der Waals surface area contributed by atoms with Crippen LogP contribution in [0.3, 0.4) is 0 Å². The van der Waals surface area contributed by atoms with E-state index in [0.717, 1.165) is 11.1 Å². The lowest BCUT2D eigenvalue weighted by Crippen LogP contribution is -2.21. The molecule has 3 aromatic rings. The molecule has 1 amide bonds. The molecule has 3 rings (SSSR count). The molecule has 0 aliphatic heterocycles. The maximum atomic E-state index is 12.8. The van der Waals surface area contributed by atoms with Gasteiger partial charge in [-0.2, -0.15) is 0 Å². The molecule has 0 radical (unpaired) electrons. The van der Waals surface area contributed by atoms with E-state index in [1.165, 1.54) is 43.4 Å². The third kappa shape index (κ3) is 5.78. The van der Waals surface area contributed by atoms with Crippen LogP contribution in [0.5, 0.6) is 5.75 Å². The topological polar surface area (TPSA) is 102 Å². The first-order valence-corrected chi connectivity index (χ1v) is 12.0. The molecule has 7 nitrogen and oxygen atoms in total. The van der Waals surface area contributed by atoms with E-state index < -0.39 is 27.8 Å². The molecule has 8 heteroatoms. The molecule has 0 bridgehead atoms. The summed E-state index contributed by atoms with van der Waals surface area (Å²) in [6.45, 7) is 3.88. The number of carbonyl (C=O) groups is 2. The van der Waals surface area contributed by atoms with E-state index in [9.17, 15) is 18.0 Å². The Labute approximate surface area is 193 Å². The van der Waals surface area contributed by atoms with Crippen LogP contribution in [0.15, 0.2) is 77.7 Å². The van der Waals surface area contributed by atoms with Gasteiger partial charge in [0, 0.05) is 7.05 Å². The molecule has 0 heterocycles. The fourth-order valence-corrected chi connectivity index (χ4v) is 4.40. The Bertz CT molecular complexity index is 1240. The maximum absolute atomic E-state index is 12.8. The molecule has 0 saturated heterocycles. The van der Waals surface area contributed by atoms with Gasteiger partial charge >= 0.3 is 5.97 Å². The lowest BCUT2D eigenvalue weighted by Gasteiger charge is -2.15. The molecule has 0 fully saturated rings. The van der Waals surface area contributed by atoms with Crippen LogP contribution in [0.2, 0.25) is 0 Å². The minimum atomic E-state index is -3.96. The highest BCUT2D eigenvalue weighted by Gasteiger charge is 2.22. The number of ether oxygens (including phenoxy) is 1. The van der Waals surface area contributed by atoms with Crippen molar-refractivity contribution in [3.05, 3.63) is 89.5 Å². The van der Waals surface area contributed by atoms with Gasteiger partial charge in [-0.1, -0.05) is 48.9 Å². The molecule has 0 aliphatic rings. The lowest BCUT2D eigenvalue weighted by atomic mass is 9.96. The molecule has 172 valence electrons. The van der Waals surface area contributed by atoms with Gasteiger partial charge in [0.2, 0.25) is 0 Å². The van der Waals surface area contributed by atoms with Crippen molar-refractivity contribution in [2.24, 2.45) is 0 Å². The highest BCUT2D eigenvalue weighted by Crippen LogP contribution is 2.25. The summed E-state index contributed by atoms with van der Waals surface area (Å²) in [5, 5.41) is 2.48. The highest BCUT2D eigenvalue weighted by atomic mass is 32.2. The Morgan fingerprint density at radius 2 is 1.58 bits per heavy atom. The smallest absolute Gasteiger partial charge is 0.318 e. The second kappa shape index (κ2) is 10.3. The Hall–Kier alpha value is -3.65. The number of nitrogens with one attached hydrogen (secondary N) is 2. The van der Waals surface area contributed by atoms with Gasteiger partial charge in [-0.05, 0) is 55.3 Å². The fraction of sp³-hybridized carbons (Fsp3) is 0.200. The molecule has 0 spiro atoms. The largest absolute Gasteiger partial charge is 0.426 e. The zero-order valence-electron chi connectivity index (χ0n) is 18.7.